The highest BCUT2D eigenvalue weighted by molar-refractivity contribution is 5.96. The van der Waals surface area contributed by atoms with Crippen LogP contribution >= 0.6 is 12.4 Å². The summed E-state index contributed by atoms with van der Waals surface area (Å²) in [4.78, 5) is 35.0. The molecule has 3 heterocycles. The molecule has 1 N–H and O–H groups in total. The van der Waals surface area contributed by atoms with Crippen molar-refractivity contribution in [1.82, 2.24) is 35.0 Å². The number of hydrogen-bond donors (Lipinski definition) is 1. The van der Waals surface area contributed by atoms with Crippen LogP contribution in [0.1, 0.15) is 58.8 Å². The lowest BCUT2D eigenvalue weighted by Gasteiger charge is -2.10. The third kappa shape index (κ3) is 5.32. The predicted octanol–water partition coefficient (Wildman–Crippen LogP) is 3.44. The van der Waals surface area contributed by atoms with Gasteiger partial charge in [0.15, 0.2) is 0 Å². The average Bonchev–Trinajstić information content (AvgIpc) is 3.44. The third-order valence-corrected chi connectivity index (χ3v) is 5.39. The van der Waals surface area contributed by atoms with E-state index >= 15 is 0 Å². The van der Waals surface area contributed by atoms with E-state index in [9.17, 15) is 9.59 Å². The lowest BCUT2D eigenvalue weighted by Crippen LogP contribution is -2.24. The van der Waals surface area contributed by atoms with Gasteiger partial charge in [-0.3, -0.25) is 9.59 Å². The van der Waals surface area contributed by atoms with Crippen LogP contribution in [0.2, 0.25) is 0 Å². The summed E-state index contributed by atoms with van der Waals surface area (Å²) in [6.07, 6.45) is 3.16. The molecule has 0 radical (unpaired) electrons. The fourth-order valence-electron chi connectivity index (χ4n) is 3.44. The van der Waals surface area contributed by atoms with E-state index in [0.29, 0.717) is 23.7 Å². The number of benzene rings is 1. The molecule has 0 saturated carbocycles. The average molecular weight is 498 g/mol. The van der Waals surface area contributed by atoms with Gasteiger partial charge in [0.1, 0.15) is 6.33 Å². The van der Waals surface area contributed by atoms with Crippen LogP contribution in [0.15, 0.2) is 41.3 Å². The van der Waals surface area contributed by atoms with E-state index in [1.807, 2.05) is 45.9 Å². The van der Waals surface area contributed by atoms with Crippen molar-refractivity contribution in [3.8, 4) is 11.3 Å². The molecular weight excluding hydrogens is 470 g/mol. The smallest absolute Gasteiger partial charge is 0.292 e. The maximum atomic E-state index is 12.5. The Balaban J connectivity index is 0.00000342. The van der Waals surface area contributed by atoms with E-state index in [-0.39, 0.29) is 29.6 Å². The van der Waals surface area contributed by atoms with E-state index in [0.717, 1.165) is 22.2 Å². The number of aromatic nitrogens is 5. The van der Waals surface area contributed by atoms with E-state index < -0.39 is 5.91 Å². The summed E-state index contributed by atoms with van der Waals surface area (Å²) < 4.78 is 6.85. The first-order valence-electron chi connectivity index (χ1n) is 10.8. The highest BCUT2D eigenvalue weighted by Crippen LogP contribution is 2.26. The van der Waals surface area contributed by atoms with Gasteiger partial charge in [0.25, 0.3) is 17.6 Å². The number of amides is 2. The van der Waals surface area contributed by atoms with Crippen molar-refractivity contribution < 1.29 is 14.1 Å². The van der Waals surface area contributed by atoms with Crippen LogP contribution in [0.25, 0.3) is 16.8 Å². The minimum atomic E-state index is -0.397. The van der Waals surface area contributed by atoms with Crippen LogP contribution in [-0.2, 0) is 12.0 Å². The molecule has 11 heteroatoms. The molecule has 0 atom stereocenters. The Labute approximate surface area is 209 Å². The van der Waals surface area contributed by atoms with Crippen molar-refractivity contribution in [2.75, 3.05) is 14.1 Å². The molecule has 184 valence electrons. The Morgan fingerprint density at radius 1 is 1.17 bits per heavy atom. The third-order valence-electron chi connectivity index (χ3n) is 5.39. The van der Waals surface area contributed by atoms with Gasteiger partial charge >= 0.3 is 0 Å². The van der Waals surface area contributed by atoms with E-state index in [4.69, 9.17) is 4.52 Å². The van der Waals surface area contributed by atoms with Crippen LogP contribution in [-0.4, -0.2) is 55.5 Å². The molecule has 2 amide bonds. The van der Waals surface area contributed by atoms with Gasteiger partial charge in [-0.2, -0.15) is 10.1 Å². The number of carbonyl (C=O) groups excluding carboxylic acids is 2. The van der Waals surface area contributed by atoms with Crippen LogP contribution in [0.3, 0.4) is 0 Å². The van der Waals surface area contributed by atoms with Crippen molar-refractivity contribution in [2.45, 2.75) is 39.7 Å². The zero-order chi connectivity index (χ0) is 24.6. The van der Waals surface area contributed by atoms with E-state index in [1.165, 1.54) is 11.2 Å². The molecule has 0 saturated heterocycles. The van der Waals surface area contributed by atoms with Gasteiger partial charge in [-0.25, -0.2) is 9.50 Å². The van der Waals surface area contributed by atoms with Gasteiger partial charge in [0, 0.05) is 37.8 Å². The van der Waals surface area contributed by atoms with Gasteiger partial charge in [-0.05, 0) is 30.2 Å². The van der Waals surface area contributed by atoms with Crippen molar-refractivity contribution in [3.05, 3.63) is 65.2 Å². The second kappa shape index (κ2) is 9.83. The molecular formula is C24H28ClN7O3. The molecule has 35 heavy (non-hydrogen) atoms. The standard InChI is InChI=1S/C24H27N7O3.ClH/c1-14-9-15(19-18-10-17(22(33)30(5)6)12-31(18)27-13-26-19)7-8-16(14)11-25-21(32)20-28-23(34-29-20)24(2,3)4;/h7-10,12-13H,11H2,1-6H3,(H,25,32);1H. The molecule has 0 aliphatic rings. The molecule has 10 nitrogen and oxygen atoms in total. The molecule has 0 spiro atoms. The first kappa shape index (κ1) is 25.8. The summed E-state index contributed by atoms with van der Waals surface area (Å²) in [6.45, 7) is 8.10. The summed E-state index contributed by atoms with van der Waals surface area (Å²) in [5, 5.41) is 10.9. The highest BCUT2D eigenvalue weighted by atomic mass is 35.5. The predicted molar refractivity (Wildman–Crippen MR) is 133 cm³/mol. The van der Waals surface area contributed by atoms with Crippen LogP contribution in [0.5, 0.6) is 0 Å². The number of carbonyl (C=O) groups is 2. The SMILES string of the molecule is Cc1cc(-c2ncnn3cc(C(=O)N(C)C)cc23)ccc1CNC(=O)c1noc(C(C)(C)C)n1.Cl. The van der Waals surface area contributed by atoms with Crippen LogP contribution in [0.4, 0.5) is 0 Å². The molecule has 0 aliphatic heterocycles. The topological polar surface area (TPSA) is 119 Å². The lowest BCUT2D eigenvalue weighted by atomic mass is 9.97. The van der Waals surface area contributed by atoms with Gasteiger partial charge in [0.2, 0.25) is 5.89 Å². The molecule has 0 unspecified atom stereocenters. The highest BCUT2D eigenvalue weighted by Gasteiger charge is 2.24. The minimum absolute atomic E-state index is 0. The van der Waals surface area contributed by atoms with Gasteiger partial charge in [0.05, 0.1) is 16.8 Å². The Hall–Kier alpha value is -3.79. The number of aryl methyl sites for hydroxylation is 1. The van der Waals surface area contributed by atoms with Crippen molar-refractivity contribution >= 4 is 29.7 Å². The van der Waals surface area contributed by atoms with Crippen LogP contribution in [0, 0.1) is 6.92 Å². The molecule has 4 rings (SSSR count). The van der Waals surface area contributed by atoms with Crippen molar-refractivity contribution in [1.29, 1.82) is 0 Å². The Morgan fingerprint density at radius 2 is 1.91 bits per heavy atom. The lowest BCUT2D eigenvalue weighted by molar-refractivity contribution is 0.0827. The first-order chi connectivity index (χ1) is 16.0. The molecule has 4 aromatic rings. The normalized spacial score (nSPS) is 11.3. The Bertz CT molecular complexity index is 1390. The van der Waals surface area contributed by atoms with Crippen LogP contribution < -0.4 is 5.32 Å². The second-order valence-corrected chi connectivity index (χ2v) is 9.36. The van der Waals surface area contributed by atoms with Crippen molar-refractivity contribution in [2.24, 2.45) is 0 Å². The zero-order valence-electron chi connectivity index (χ0n) is 20.5. The first-order valence-corrected chi connectivity index (χ1v) is 10.8. The largest absolute Gasteiger partial charge is 0.345 e. The summed E-state index contributed by atoms with van der Waals surface area (Å²) in [5.74, 6) is -0.0736. The summed E-state index contributed by atoms with van der Waals surface area (Å²) >= 11 is 0. The second-order valence-electron chi connectivity index (χ2n) is 9.36. The zero-order valence-corrected chi connectivity index (χ0v) is 21.3. The van der Waals surface area contributed by atoms with E-state index in [2.05, 4.69) is 25.5 Å². The maximum Gasteiger partial charge on any atom is 0.292 e. The number of fused-ring (bicyclic) bond motifs is 1. The summed E-state index contributed by atoms with van der Waals surface area (Å²) in [7, 11) is 3.42. The Kier molecular flexibility index (Phi) is 7.25. The minimum Gasteiger partial charge on any atom is -0.345 e. The molecule has 1 aromatic carbocycles. The fraction of sp³-hybridized carbons (Fsp3) is 0.333. The van der Waals surface area contributed by atoms with Gasteiger partial charge < -0.3 is 14.7 Å². The molecule has 3 aromatic heterocycles. The fourth-order valence-corrected chi connectivity index (χ4v) is 3.44. The monoisotopic (exact) mass is 497 g/mol. The number of nitrogens with one attached hydrogen (secondary N) is 1. The van der Waals surface area contributed by atoms with Gasteiger partial charge in [-0.1, -0.05) is 38.1 Å². The number of nitrogens with zero attached hydrogens (tertiary/aromatic N) is 6. The quantitative estimate of drug-likeness (QED) is 0.448. The number of rotatable bonds is 5. The van der Waals surface area contributed by atoms with Gasteiger partial charge in [-0.15, -0.1) is 12.4 Å². The molecule has 0 fully saturated rings. The summed E-state index contributed by atoms with van der Waals surface area (Å²) in [5.41, 5.74) is 4.47. The molecule has 0 aliphatic carbocycles. The summed E-state index contributed by atoms with van der Waals surface area (Å²) in [6, 6.07) is 7.66. The number of halogens is 1. The van der Waals surface area contributed by atoms with E-state index in [1.54, 1.807) is 30.9 Å². The Morgan fingerprint density at radius 3 is 2.54 bits per heavy atom. The maximum absolute atomic E-state index is 12.5. The number of hydrogen-bond acceptors (Lipinski definition) is 7. The van der Waals surface area contributed by atoms with Crippen molar-refractivity contribution in [3.63, 3.8) is 0 Å². The molecule has 0 bridgehead atoms.